The Hall–Kier alpha value is 0.130. The first-order valence-corrected chi connectivity index (χ1v) is 7.74. The molecule has 0 rings (SSSR count). The van der Waals surface area contributed by atoms with Gasteiger partial charge in [0.05, 0.1) is 6.10 Å². The van der Waals surface area contributed by atoms with E-state index in [0.29, 0.717) is 12.8 Å². The molecule has 0 aromatic heterocycles. The molecule has 0 aromatic carbocycles. The average molecular weight is 275 g/mol. The third-order valence-corrected chi connectivity index (χ3v) is 5.39. The van der Waals surface area contributed by atoms with Gasteiger partial charge in [0.2, 0.25) is 0 Å². The second-order valence-electron chi connectivity index (χ2n) is 3.47. The maximum absolute atomic E-state index is 10.8. The van der Waals surface area contributed by atoms with Crippen molar-refractivity contribution in [3.8, 4) is 0 Å². The maximum Gasteiger partial charge on any atom is 0.521 e. The summed E-state index contributed by atoms with van der Waals surface area (Å²) in [5, 5.41) is 16.2. The van der Waals surface area contributed by atoms with Crippen LogP contribution in [0.4, 0.5) is 0 Å². The SMILES string of the molecule is O=[P+](O)C(CCC(O)CCCO)P(=O)(O)O. The highest BCUT2D eigenvalue weighted by molar-refractivity contribution is 7.65. The molecule has 0 fully saturated rings. The fraction of sp³-hybridized carbons (Fsp3) is 1.00. The van der Waals surface area contributed by atoms with Crippen LogP contribution in [-0.2, 0) is 9.13 Å². The molecule has 0 heterocycles. The van der Waals surface area contributed by atoms with Gasteiger partial charge in [0.25, 0.3) is 5.40 Å². The molecule has 0 saturated heterocycles. The van der Waals surface area contributed by atoms with Crippen LogP contribution < -0.4 is 0 Å². The Kier molecular flexibility index (Phi) is 7.52. The van der Waals surface area contributed by atoms with Gasteiger partial charge < -0.3 is 20.0 Å². The molecule has 16 heavy (non-hydrogen) atoms. The van der Waals surface area contributed by atoms with Crippen LogP contribution in [0.3, 0.4) is 0 Å². The second-order valence-corrected chi connectivity index (χ2v) is 6.91. The van der Waals surface area contributed by atoms with Crippen LogP contribution in [0, 0.1) is 0 Å². The highest BCUT2D eigenvalue weighted by Gasteiger charge is 2.45. The molecule has 3 unspecified atom stereocenters. The van der Waals surface area contributed by atoms with Crippen molar-refractivity contribution >= 4 is 15.6 Å². The topological polar surface area (TPSA) is 135 Å². The monoisotopic (exact) mass is 275 g/mol. The minimum absolute atomic E-state index is 0.0252. The number of hydrogen-bond donors (Lipinski definition) is 5. The zero-order chi connectivity index (χ0) is 12.8. The molecule has 5 N–H and O–H groups in total. The quantitative estimate of drug-likeness (QED) is 0.397. The van der Waals surface area contributed by atoms with Crippen LogP contribution in [0.5, 0.6) is 0 Å². The molecule has 0 aliphatic rings. The third-order valence-electron chi connectivity index (χ3n) is 2.10. The molecule has 0 bridgehead atoms. The van der Waals surface area contributed by atoms with Gasteiger partial charge in [-0.1, -0.05) is 0 Å². The fourth-order valence-electron chi connectivity index (χ4n) is 1.22. The highest BCUT2D eigenvalue weighted by atomic mass is 31.2. The molecule has 0 amide bonds. The van der Waals surface area contributed by atoms with Crippen LogP contribution in [-0.4, -0.2) is 43.0 Å². The lowest BCUT2D eigenvalue weighted by molar-refractivity contribution is 0.139. The van der Waals surface area contributed by atoms with Crippen molar-refractivity contribution in [3.63, 3.8) is 0 Å². The molecule has 9 heteroatoms. The van der Waals surface area contributed by atoms with Gasteiger partial charge in [-0.2, -0.15) is 4.89 Å². The van der Waals surface area contributed by atoms with E-state index < -0.39 is 27.1 Å². The molecule has 0 radical (unpaired) electrons. The van der Waals surface area contributed by atoms with Crippen molar-refractivity contribution in [2.75, 3.05) is 6.61 Å². The predicted octanol–water partition coefficient (Wildman–Crippen LogP) is 0.138. The van der Waals surface area contributed by atoms with Crippen molar-refractivity contribution in [1.29, 1.82) is 0 Å². The number of rotatable bonds is 8. The van der Waals surface area contributed by atoms with Crippen LogP contribution in [0.1, 0.15) is 25.7 Å². The summed E-state index contributed by atoms with van der Waals surface area (Å²) in [7, 11) is -7.58. The molecular weight excluding hydrogens is 258 g/mol. The summed E-state index contributed by atoms with van der Waals surface area (Å²) in [5.74, 6) is 0. The Morgan fingerprint density at radius 1 is 1.19 bits per heavy atom. The van der Waals surface area contributed by atoms with Gasteiger partial charge in [-0.05, 0) is 23.8 Å². The average Bonchev–Trinajstić information content (AvgIpc) is 2.12. The Bertz CT molecular complexity index is 263. The van der Waals surface area contributed by atoms with Crippen LogP contribution in [0.25, 0.3) is 0 Å². The molecule has 3 atom stereocenters. The van der Waals surface area contributed by atoms with Gasteiger partial charge in [0, 0.05) is 13.0 Å². The Morgan fingerprint density at radius 2 is 1.75 bits per heavy atom. The molecule has 7 nitrogen and oxygen atoms in total. The first-order chi connectivity index (χ1) is 7.29. The zero-order valence-corrected chi connectivity index (χ0v) is 10.4. The van der Waals surface area contributed by atoms with E-state index in [1.807, 2.05) is 0 Å². The van der Waals surface area contributed by atoms with Crippen LogP contribution in [0.15, 0.2) is 0 Å². The molecular formula is C7H17O7P2+. The molecule has 96 valence electrons. The summed E-state index contributed by atoms with van der Waals surface area (Å²) in [6.45, 7) is -0.0761. The summed E-state index contributed by atoms with van der Waals surface area (Å²) in [6.07, 6.45) is -0.337. The Morgan fingerprint density at radius 3 is 2.12 bits per heavy atom. The normalized spacial score (nSPS) is 16.9. The maximum atomic E-state index is 10.8. The fourth-order valence-corrected chi connectivity index (χ4v) is 3.10. The first kappa shape index (κ1) is 16.1. The van der Waals surface area contributed by atoms with Crippen LogP contribution >= 0.6 is 15.6 Å². The van der Waals surface area contributed by atoms with E-state index in [-0.39, 0.29) is 19.4 Å². The van der Waals surface area contributed by atoms with E-state index in [4.69, 9.17) is 19.8 Å². The lowest BCUT2D eigenvalue weighted by atomic mass is 10.1. The zero-order valence-electron chi connectivity index (χ0n) is 8.64. The minimum Gasteiger partial charge on any atom is -0.396 e. The first-order valence-electron chi connectivity index (χ1n) is 4.78. The summed E-state index contributed by atoms with van der Waals surface area (Å²) in [5.41, 5.74) is 0. The van der Waals surface area contributed by atoms with Gasteiger partial charge >= 0.3 is 15.6 Å². The van der Waals surface area contributed by atoms with Gasteiger partial charge in [0.1, 0.15) is 0 Å². The molecule has 0 spiro atoms. The predicted molar refractivity (Wildman–Crippen MR) is 57.2 cm³/mol. The van der Waals surface area contributed by atoms with E-state index in [0.717, 1.165) is 0 Å². The minimum atomic E-state index is -4.61. The number of aliphatic hydroxyl groups is 2. The van der Waals surface area contributed by atoms with Gasteiger partial charge in [0.15, 0.2) is 0 Å². The molecule has 0 aromatic rings. The molecule has 0 aliphatic heterocycles. The van der Waals surface area contributed by atoms with E-state index in [9.17, 15) is 14.2 Å². The van der Waals surface area contributed by atoms with Gasteiger partial charge in [-0.3, -0.25) is 4.57 Å². The van der Waals surface area contributed by atoms with E-state index in [1.54, 1.807) is 0 Å². The van der Waals surface area contributed by atoms with Crippen molar-refractivity contribution in [1.82, 2.24) is 0 Å². The van der Waals surface area contributed by atoms with Gasteiger partial charge in [-0.25, -0.2) is 0 Å². The second kappa shape index (κ2) is 7.45. The van der Waals surface area contributed by atoms with Crippen molar-refractivity contribution in [2.45, 2.75) is 37.2 Å². The lowest BCUT2D eigenvalue weighted by Crippen LogP contribution is -2.12. The highest BCUT2D eigenvalue weighted by Crippen LogP contribution is 2.53. The Balaban J connectivity index is 4.14. The summed E-state index contributed by atoms with van der Waals surface area (Å²) in [6, 6.07) is 0. The van der Waals surface area contributed by atoms with E-state index in [1.165, 1.54) is 0 Å². The lowest BCUT2D eigenvalue weighted by Gasteiger charge is -2.11. The standard InChI is InChI=1S/C7H16O7P2/c8-5-1-2-6(9)3-4-7(15(10)11)16(12,13)14/h6-9H,1-5H2,(H2-,10,11,12,13,14)/p+1. The largest absolute Gasteiger partial charge is 0.521 e. The van der Waals surface area contributed by atoms with E-state index in [2.05, 4.69) is 0 Å². The van der Waals surface area contributed by atoms with Crippen LogP contribution in [0.2, 0.25) is 0 Å². The van der Waals surface area contributed by atoms with Crippen molar-refractivity contribution in [3.05, 3.63) is 0 Å². The summed E-state index contributed by atoms with van der Waals surface area (Å²) >= 11 is 0. The van der Waals surface area contributed by atoms with Crippen molar-refractivity contribution < 1.29 is 34.0 Å². The van der Waals surface area contributed by atoms with E-state index >= 15 is 0 Å². The molecule has 0 saturated carbocycles. The smallest absolute Gasteiger partial charge is 0.396 e. The third kappa shape index (κ3) is 6.66. The number of hydrogen-bond acceptors (Lipinski definition) is 4. The molecule has 0 aliphatic carbocycles. The summed E-state index contributed by atoms with van der Waals surface area (Å²) in [4.78, 5) is 26.3. The Labute approximate surface area is 94.2 Å². The van der Waals surface area contributed by atoms with Crippen molar-refractivity contribution in [2.24, 2.45) is 0 Å². The van der Waals surface area contributed by atoms with Gasteiger partial charge in [-0.15, -0.1) is 0 Å². The summed E-state index contributed by atoms with van der Waals surface area (Å²) < 4.78 is 21.5. The number of aliphatic hydroxyl groups excluding tert-OH is 2.